The second-order valence-corrected chi connectivity index (χ2v) is 5.69. The predicted octanol–water partition coefficient (Wildman–Crippen LogP) is 2.47. The Morgan fingerprint density at radius 2 is 2.16 bits per heavy atom. The first-order valence-corrected chi connectivity index (χ1v) is 7.82. The molecule has 6 heteroatoms. The van der Waals surface area contributed by atoms with E-state index in [0.29, 0.717) is 16.6 Å². The summed E-state index contributed by atoms with van der Waals surface area (Å²) in [5.41, 5.74) is 1.90. The van der Waals surface area contributed by atoms with Gasteiger partial charge in [-0.2, -0.15) is 0 Å². The maximum Gasteiger partial charge on any atom is 0.236 e. The lowest BCUT2D eigenvalue weighted by atomic mass is 10.2. The molecule has 2 rings (SSSR count). The molecule has 0 spiro atoms. The molecule has 19 heavy (non-hydrogen) atoms. The van der Waals surface area contributed by atoms with E-state index < -0.39 is 0 Å². The van der Waals surface area contributed by atoms with Gasteiger partial charge in [-0.15, -0.1) is 23.1 Å². The minimum absolute atomic E-state index is 0.0904. The van der Waals surface area contributed by atoms with Gasteiger partial charge in [-0.3, -0.25) is 4.79 Å². The van der Waals surface area contributed by atoms with Crippen molar-refractivity contribution in [2.45, 2.75) is 0 Å². The zero-order valence-electron chi connectivity index (χ0n) is 10.2. The Morgan fingerprint density at radius 3 is 2.89 bits per heavy atom. The molecule has 0 radical (unpaired) electrons. The molecule has 1 aromatic heterocycles. The molecule has 0 saturated carbocycles. The van der Waals surface area contributed by atoms with Crippen LogP contribution in [0.5, 0.6) is 0 Å². The Labute approximate surface area is 119 Å². The Hall–Kier alpha value is -1.37. The van der Waals surface area contributed by atoms with Gasteiger partial charge in [0.25, 0.3) is 0 Å². The van der Waals surface area contributed by atoms with Gasteiger partial charge in [0.05, 0.1) is 18.1 Å². The lowest BCUT2D eigenvalue weighted by molar-refractivity contribution is -0.113. The average Bonchev–Trinajstić information content (AvgIpc) is 2.88. The summed E-state index contributed by atoms with van der Waals surface area (Å²) in [5.74, 6) is 0.814. The maximum absolute atomic E-state index is 11.6. The zero-order valence-corrected chi connectivity index (χ0v) is 11.8. The number of rotatable bonds is 6. The van der Waals surface area contributed by atoms with Crippen LogP contribution in [0.2, 0.25) is 0 Å². The Bertz CT molecular complexity index is 528. The standard InChI is InChI=1S/C13H14N2O2S2/c16-6-7-18-9-12(17)15-13-14-11(8-19-13)10-4-2-1-3-5-10/h1-5,8,16H,6-7,9H2,(H,14,15,17). The number of hydrogen-bond acceptors (Lipinski definition) is 5. The molecule has 1 aromatic carbocycles. The number of carbonyl (C=O) groups is 1. The van der Waals surface area contributed by atoms with Gasteiger partial charge in [-0.05, 0) is 0 Å². The molecule has 2 N–H and O–H groups in total. The molecule has 0 aliphatic heterocycles. The van der Waals surface area contributed by atoms with Gasteiger partial charge in [-0.25, -0.2) is 4.98 Å². The fourth-order valence-electron chi connectivity index (χ4n) is 1.46. The van der Waals surface area contributed by atoms with E-state index in [9.17, 15) is 4.79 Å². The molecule has 2 aromatic rings. The molecule has 0 aliphatic rings. The van der Waals surface area contributed by atoms with Crippen LogP contribution >= 0.6 is 23.1 Å². The molecule has 0 unspecified atom stereocenters. The topological polar surface area (TPSA) is 62.2 Å². The van der Waals surface area contributed by atoms with E-state index in [1.165, 1.54) is 23.1 Å². The third-order valence-electron chi connectivity index (χ3n) is 2.29. The smallest absolute Gasteiger partial charge is 0.236 e. The van der Waals surface area contributed by atoms with Gasteiger partial charge < -0.3 is 10.4 Å². The van der Waals surface area contributed by atoms with Gasteiger partial charge in [0.1, 0.15) is 0 Å². The van der Waals surface area contributed by atoms with E-state index in [2.05, 4.69) is 10.3 Å². The van der Waals surface area contributed by atoms with Crippen LogP contribution in [-0.4, -0.2) is 34.1 Å². The number of aliphatic hydroxyl groups excluding tert-OH is 1. The van der Waals surface area contributed by atoms with E-state index in [-0.39, 0.29) is 12.5 Å². The second-order valence-electron chi connectivity index (χ2n) is 3.73. The molecule has 1 amide bonds. The largest absolute Gasteiger partial charge is 0.396 e. The van der Waals surface area contributed by atoms with E-state index in [1.54, 1.807) is 0 Å². The molecule has 0 aliphatic carbocycles. The number of aliphatic hydroxyl groups is 1. The molecule has 1 heterocycles. The van der Waals surface area contributed by atoms with Gasteiger partial charge in [-0.1, -0.05) is 30.3 Å². The SMILES string of the molecule is O=C(CSCCO)Nc1nc(-c2ccccc2)cs1. The number of amides is 1. The molecule has 0 fully saturated rings. The monoisotopic (exact) mass is 294 g/mol. The van der Waals surface area contributed by atoms with Crippen LogP contribution in [0.1, 0.15) is 0 Å². The van der Waals surface area contributed by atoms with Crippen LogP contribution in [0.25, 0.3) is 11.3 Å². The normalized spacial score (nSPS) is 10.4. The first kappa shape index (κ1) is 14.0. The van der Waals surface area contributed by atoms with Crippen molar-refractivity contribution in [1.82, 2.24) is 4.98 Å². The van der Waals surface area contributed by atoms with Crippen molar-refractivity contribution >= 4 is 34.1 Å². The Balaban J connectivity index is 1.93. The fourth-order valence-corrected chi connectivity index (χ4v) is 2.72. The number of carbonyl (C=O) groups excluding carboxylic acids is 1. The van der Waals surface area contributed by atoms with Crippen molar-refractivity contribution in [2.75, 3.05) is 23.4 Å². The van der Waals surface area contributed by atoms with Gasteiger partial charge in [0.2, 0.25) is 5.91 Å². The summed E-state index contributed by atoms with van der Waals surface area (Å²) < 4.78 is 0. The van der Waals surface area contributed by atoms with E-state index in [4.69, 9.17) is 5.11 Å². The minimum atomic E-state index is -0.0904. The summed E-state index contributed by atoms with van der Waals surface area (Å²) in [4.78, 5) is 16.0. The lowest BCUT2D eigenvalue weighted by Crippen LogP contribution is -2.14. The third kappa shape index (κ3) is 4.34. The molecule has 0 saturated heterocycles. The molecule has 0 atom stereocenters. The van der Waals surface area contributed by atoms with E-state index in [0.717, 1.165) is 11.3 Å². The summed E-state index contributed by atoms with van der Waals surface area (Å²) in [6.07, 6.45) is 0. The second kappa shape index (κ2) is 7.28. The fraction of sp³-hybridized carbons (Fsp3) is 0.231. The van der Waals surface area contributed by atoms with Crippen molar-refractivity contribution in [1.29, 1.82) is 0 Å². The van der Waals surface area contributed by atoms with Crippen molar-refractivity contribution in [3.63, 3.8) is 0 Å². The summed E-state index contributed by atoms with van der Waals surface area (Å²) in [5, 5.41) is 13.9. The number of nitrogens with one attached hydrogen (secondary N) is 1. The highest BCUT2D eigenvalue weighted by molar-refractivity contribution is 7.99. The predicted molar refractivity (Wildman–Crippen MR) is 80.6 cm³/mol. The highest BCUT2D eigenvalue weighted by Gasteiger charge is 2.07. The van der Waals surface area contributed by atoms with Gasteiger partial charge in [0.15, 0.2) is 5.13 Å². The van der Waals surface area contributed by atoms with Crippen LogP contribution in [0.4, 0.5) is 5.13 Å². The van der Waals surface area contributed by atoms with Crippen molar-refractivity contribution in [3.8, 4) is 11.3 Å². The van der Waals surface area contributed by atoms with Crippen molar-refractivity contribution in [3.05, 3.63) is 35.7 Å². The summed E-state index contributed by atoms with van der Waals surface area (Å²) in [6.45, 7) is 0.0906. The molecular formula is C13H14N2O2S2. The van der Waals surface area contributed by atoms with Crippen LogP contribution < -0.4 is 5.32 Å². The highest BCUT2D eigenvalue weighted by atomic mass is 32.2. The minimum Gasteiger partial charge on any atom is -0.396 e. The van der Waals surface area contributed by atoms with Crippen LogP contribution in [0.3, 0.4) is 0 Å². The molecule has 4 nitrogen and oxygen atoms in total. The average molecular weight is 294 g/mol. The van der Waals surface area contributed by atoms with Crippen LogP contribution in [0, 0.1) is 0 Å². The molecule has 0 bridgehead atoms. The number of aromatic nitrogens is 1. The summed E-state index contributed by atoms with van der Waals surface area (Å²) >= 11 is 2.81. The molecule has 100 valence electrons. The van der Waals surface area contributed by atoms with Crippen molar-refractivity contribution in [2.24, 2.45) is 0 Å². The third-order valence-corrected chi connectivity index (χ3v) is 3.98. The first-order chi connectivity index (χ1) is 9.29. The van der Waals surface area contributed by atoms with Crippen LogP contribution in [0.15, 0.2) is 35.7 Å². The van der Waals surface area contributed by atoms with Gasteiger partial charge >= 0.3 is 0 Å². The summed E-state index contributed by atoms with van der Waals surface area (Å²) in [6, 6.07) is 9.84. The van der Waals surface area contributed by atoms with E-state index >= 15 is 0 Å². The number of anilines is 1. The number of benzene rings is 1. The Kier molecular flexibility index (Phi) is 5.38. The quantitative estimate of drug-likeness (QED) is 0.803. The van der Waals surface area contributed by atoms with Crippen molar-refractivity contribution < 1.29 is 9.90 Å². The molecular weight excluding hydrogens is 280 g/mol. The van der Waals surface area contributed by atoms with E-state index in [1.807, 2.05) is 35.7 Å². The summed E-state index contributed by atoms with van der Waals surface area (Å²) in [7, 11) is 0. The number of thioether (sulfide) groups is 1. The number of nitrogens with zero attached hydrogens (tertiary/aromatic N) is 1. The van der Waals surface area contributed by atoms with Gasteiger partial charge in [0, 0.05) is 16.7 Å². The van der Waals surface area contributed by atoms with Crippen LogP contribution in [-0.2, 0) is 4.79 Å². The lowest BCUT2D eigenvalue weighted by Gasteiger charge is -2.00. The Morgan fingerprint density at radius 1 is 1.37 bits per heavy atom. The highest BCUT2D eigenvalue weighted by Crippen LogP contribution is 2.24. The first-order valence-electron chi connectivity index (χ1n) is 5.79. The number of thiazole rings is 1. The number of hydrogen-bond donors (Lipinski definition) is 2. The maximum atomic E-state index is 11.6. The zero-order chi connectivity index (χ0) is 13.5.